The van der Waals surface area contributed by atoms with E-state index in [0.29, 0.717) is 12.8 Å². The smallest absolute Gasteiger partial charge is 0.407 e. The zero-order valence-corrected chi connectivity index (χ0v) is 11.7. The third-order valence-electron chi connectivity index (χ3n) is 1.83. The second-order valence-corrected chi connectivity index (χ2v) is 6.79. The molecule has 0 fully saturated rings. The van der Waals surface area contributed by atoms with Crippen molar-refractivity contribution >= 4 is 16.1 Å². The summed E-state index contributed by atoms with van der Waals surface area (Å²) >= 11 is 0. The van der Waals surface area contributed by atoms with Crippen LogP contribution in [-0.2, 0) is 14.8 Å². The maximum absolute atomic E-state index is 11.2. The number of unbranched alkanes of at least 4 members (excludes halogenated alkanes) is 1. The number of carbonyl (C=O) groups excluding carboxylic acids is 1. The average molecular weight is 266 g/mol. The molecule has 17 heavy (non-hydrogen) atoms. The van der Waals surface area contributed by atoms with E-state index in [2.05, 4.69) is 10.0 Å². The highest BCUT2D eigenvalue weighted by molar-refractivity contribution is 7.89. The van der Waals surface area contributed by atoms with Crippen LogP contribution in [0, 0.1) is 0 Å². The van der Waals surface area contributed by atoms with E-state index in [1.165, 1.54) is 7.05 Å². The van der Waals surface area contributed by atoms with Gasteiger partial charge in [0.25, 0.3) is 0 Å². The van der Waals surface area contributed by atoms with Crippen molar-refractivity contribution in [3.05, 3.63) is 0 Å². The Hall–Kier alpha value is -0.820. The number of sulfonamides is 1. The summed E-state index contributed by atoms with van der Waals surface area (Å²) in [6.07, 6.45) is 0.513. The van der Waals surface area contributed by atoms with E-state index in [9.17, 15) is 13.2 Å². The largest absolute Gasteiger partial charge is 0.450 e. The Morgan fingerprint density at radius 2 is 1.82 bits per heavy atom. The molecule has 0 rings (SSSR count). The summed E-state index contributed by atoms with van der Waals surface area (Å²) in [5, 5.41) is 2.65. The third kappa shape index (κ3) is 10.1. The van der Waals surface area contributed by atoms with Crippen LogP contribution in [0.4, 0.5) is 4.79 Å². The van der Waals surface area contributed by atoms with Crippen molar-refractivity contribution in [2.24, 2.45) is 0 Å². The topological polar surface area (TPSA) is 84.5 Å². The first kappa shape index (κ1) is 16.2. The van der Waals surface area contributed by atoms with E-state index in [1.807, 2.05) is 20.8 Å². The van der Waals surface area contributed by atoms with E-state index >= 15 is 0 Å². The fraction of sp³-hybridized carbons (Fsp3) is 0.900. The predicted molar refractivity (Wildman–Crippen MR) is 66.3 cm³/mol. The number of nitrogens with one attached hydrogen (secondary N) is 2. The predicted octanol–water partition coefficient (Wildman–Crippen LogP) is 0.840. The lowest BCUT2D eigenvalue weighted by molar-refractivity contribution is 0.136. The molecule has 2 N–H and O–H groups in total. The lowest BCUT2D eigenvalue weighted by Gasteiger charge is -2.19. The maximum atomic E-state index is 11.2. The molecule has 0 heterocycles. The second-order valence-electron chi connectivity index (χ2n) is 4.74. The van der Waals surface area contributed by atoms with Crippen LogP contribution >= 0.6 is 0 Å². The fourth-order valence-corrected chi connectivity index (χ4v) is 1.79. The number of hydrogen-bond donors (Lipinski definition) is 2. The first-order chi connectivity index (χ1) is 7.66. The van der Waals surface area contributed by atoms with Gasteiger partial charge < -0.3 is 10.1 Å². The van der Waals surface area contributed by atoms with Gasteiger partial charge in [0.15, 0.2) is 0 Å². The summed E-state index contributed by atoms with van der Waals surface area (Å²) in [5.41, 5.74) is -0.327. The Labute approximate surface area is 103 Å². The van der Waals surface area contributed by atoms with Crippen molar-refractivity contribution in [2.45, 2.75) is 39.2 Å². The fourth-order valence-electron chi connectivity index (χ4n) is 1.00. The van der Waals surface area contributed by atoms with E-state index in [0.717, 1.165) is 0 Å². The number of ether oxygens (including phenoxy) is 1. The van der Waals surface area contributed by atoms with Crippen LogP contribution in [0.1, 0.15) is 33.6 Å². The molecular formula is C10H22N2O4S. The molecule has 0 radical (unpaired) electrons. The Morgan fingerprint density at radius 1 is 1.24 bits per heavy atom. The van der Waals surface area contributed by atoms with Gasteiger partial charge in [-0.1, -0.05) is 0 Å². The number of rotatable bonds is 6. The van der Waals surface area contributed by atoms with Gasteiger partial charge in [-0.2, -0.15) is 0 Å². The normalized spacial score (nSPS) is 12.2. The molecule has 0 atom stereocenters. The van der Waals surface area contributed by atoms with Crippen molar-refractivity contribution in [2.75, 3.05) is 19.4 Å². The summed E-state index contributed by atoms with van der Waals surface area (Å²) in [6.45, 7) is 5.79. The van der Waals surface area contributed by atoms with E-state index in [-0.39, 0.29) is 17.9 Å². The first-order valence-corrected chi connectivity index (χ1v) is 7.18. The van der Waals surface area contributed by atoms with E-state index in [4.69, 9.17) is 4.74 Å². The van der Waals surface area contributed by atoms with E-state index < -0.39 is 16.1 Å². The Kier molecular flexibility index (Phi) is 6.48. The van der Waals surface area contributed by atoms with Gasteiger partial charge in [0.05, 0.1) is 12.4 Å². The number of alkyl carbamates (subject to hydrolysis) is 1. The molecule has 0 unspecified atom stereocenters. The van der Waals surface area contributed by atoms with Gasteiger partial charge >= 0.3 is 6.09 Å². The Balaban J connectivity index is 3.63. The SMILES string of the molecule is CNS(=O)(=O)CCCCOC(=O)NC(C)(C)C. The standard InChI is InChI=1S/C10H22N2O4S/c1-10(2,3)12-9(13)16-7-5-6-8-17(14,15)11-4/h11H,5-8H2,1-4H3,(H,12,13). The highest BCUT2D eigenvalue weighted by Gasteiger charge is 2.14. The molecule has 102 valence electrons. The number of hydrogen-bond acceptors (Lipinski definition) is 4. The van der Waals surface area contributed by atoms with Gasteiger partial charge in [0.2, 0.25) is 10.0 Å². The van der Waals surface area contributed by atoms with Crippen LogP contribution < -0.4 is 10.0 Å². The molecule has 0 saturated carbocycles. The second kappa shape index (κ2) is 6.80. The molecule has 7 heteroatoms. The minimum absolute atomic E-state index is 0.0494. The number of carbonyl (C=O) groups is 1. The van der Waals surface area contributed by atoms with Crippen molar-refractivity contribution in [3.63, 3.8) is 0 Å². The molecule has 0 aromatic carbocycles. The van der Waals surface area contributed by atoms with Gasteiger partial charge in [-0.25, -0.2) is 17.9 Å². The molecule has 6 nitrogen and oxygen atoms in total. The zero-order valence-electron chi connectivity index (χ0n) is 10.9. The lowest BCUT2D eigenvalue weighted by Crippen LogP contribution is -2.41. The molecule has 0 spiro atoms. The van der Waals surface area contributed by atoms with Gasteiger partial charge in [0.1, 0.15) is 0 Å². The minimum atomic E-state index is -3.16. The Bertz CT molecular complexity index is 333. The van der Waals surface area contributed by atoms with Crippen LogP contribution in [0.3, 0.4) is 0 Å². The molecular weight excluding hydrogens is 244 g/mol. The monoisotopic (exact) mass is 266 g/mol. The molecule has 0 aliphatic rings. The summed E-state index contributed by atoms with van der Waals surface area (Å²) in [5.74, 6) is 0.0494. The van der Waals surface area contributed by atoms with Crippen LogP contribution in [0.2, 0.25) is 0 Å². The molecule has 0 aromatic heterocycles. The molecule has 0 aliphatic heterocycles. The minimum Gasteiger partial charge on any atom is -0.450 e. The van der Waals surface area contributed by atoms with Crippen molar-refractivity contribution < 1.29 is 17.9 Å². The van der Waals surface area contributed by atoms with E-state index in [1.54, 1.807) is 0 Å². The van der Waals surface area contributed by atoms with Gasteiger partial charge in [-0.3, -0.25) is 0 Å². The van der Waals surface area contributed by atoms with Crippen LogP contribution in [0.25, 0.3) is 0 Å². The molecule has 0 bridgehead atoms. The number of amides is 1. The molecule has 1 amide bonds. The highest BCUT2D eigenvalue weighted by atomic mass is 32.2. The highest BCUT2D eigenvalue weighted by Crippen LogP contribution is 2.00. The lowest BCUT2D eigenvalue weighted by atomic mass is 10.1. The third-order valence-corrected chi connectivity index (χ3v) is 3.28. The van der Waals surface area contributed by atoms with Crippen LogP contribution in [0.15, 0.2) is 0 Å². The molecule has 0 aromatic rings. The Morgan fingerprint density at radius 3 is 2.29 bits per heavy atom. The van der Waals surface area contributed by atoms with Crippen molar-refractivity contribution in [3.8, 4) is 0 Å². The summed E-state index contributed by atoms with van der Waals surface area (Å²) in [4.78, 5) is 11.2. The van der Waals surface area contributed by atoms with Gasteiger partial charge in [-0.05, 0) is 40.7 Å². The van der Waals surface area contributed by atoms with Gasteiger partial charge in [-0.15, -0.1) is 0 Å². The van der Waals surface area contributed by atoms with Crippen molar-refractivity contribution in [1.82, 2.24) is 10.0 Å². The quantitative estimate of drug-likeness (QED) is 0.698. The zero-order chi connectivity index (χ0) is 13.5. The van der Waals surface area contributed by atoms with Gasteiger partial charge in [0, 0.05) is 5.54 Å². The molecule has 0 aliphatic carbocycles. The first-order valence-electron chi connectivity index (χ1n) is 5.52. The maximum Gasteiger partial charge on any atom is 0.407 e. The van der Waals surface area contributed by atoms with Crippen LogP contribution in [-0.4, -0.2) is 39.5 Å². The summed E-state index contributed by atoms with van der Waals surface area (Å²) in [7, 11) is -1.78. The molecule has 0 saturated heterocycles. The average Bonchev–Trinajstić information content (AvgIpc) is 2.14. The van der Waals surface area contributed by atoms with Crippen molar-refractivity contribution in [1.29, 1.82) is 0 Å². The summed E-state index contributed by atoms with van der Waals surface area (Å²) < 4.78 is 29.2. The summed E-state index contributed by atoms with van der Waals surface area (Å²) in [6, 6.07) is 0. The van der Waals surface area contributed by atoms with Crippen LogP contribution in [0.5, 0.6) is 0 Å².